The lowest BCUT2D eigenvalue weighted by Crippen LogP contribution is -2.51. The zero-order valence-electron chi connectivity index (χ0n) is 22.4. The highest BCUT2D eigenvalue weighted by atomic mass is 35.5. The van der Waals surface area contributed by atoms with Crippen LogP contribution >= 0.6 is 23.2 Å². The quantitative estimate of drug-likeness (QED) is 0.242. The predicted octanol–water partition coefficient (Wildman–Crippen LogP) is 5.95. The fourth-order valence-electron chi connectivity index (χ4n) is 3.99. The Kier molecular flexibility index (Phi) is 11.8. The van der Waals surface area contributed by atoms with Crippen LogP contribution in [0, 0.1) is 0 Å². The first-order chi connectivity index (χ1) is 18.8. The van der Waals surface area contributed by atoms with Gasteiger partial charge in [0.1, 0.15) is 23.3 Å². The van der Waals surface area contributed by atoms with Crippen molar-refractivity contribution in [3.63, 3.8) is 0 Å². The van der Waals surface area contributed by atoms with Crippen LogP contribution in [-0.4, -0.2) is 50.1 Å². The number of carbonyl (C=O) groups is 2. The lowest BCUT2D eigenvalue weighted by molar-refractivity contribution is -0.142. The Morgan fingerprint density at radius 1 is 0.872 bits per heavy atom. The van der Waals surface area contributed by atoms with Gasteiger partial charge in [0, 0.05) is 37.7 Å². The van der Waals surface area contributed by atoms with Crippen molar-refractivity contribution in [2.75, 3.05) is 27.4 Å². The van der Waals surface area contributed by atoms with Gasteiger partial charge in [-0.15, -0.1) is 0 Å². The predicted molar refractivity (Wildman–Crippen MR) is 154 cm³/mol. The number of rotatable bonds is 14. The molecule has 3 rings (SSSR count). The van der Waals surface area contributed by atoms with E-state index in [1.807, 2.05) is 30.3 Å². The fourth-order valence-corrected chi connectivity index (χ4v) is 4.31. The maximum Gasteiger partial charge on any atom is 0.261 e. The zero-order chi connectivity index (χ0) is 28.2. The second-order valence-corrected chi connectivity index (χ2v) is 9.77. The molecule has 0 fully saturated rings. The molecule has 7 nitrogen and oxygen atoms in total. The van der Waals surface area contributed by atoms with Crippen molar-refractivity contribution < 1.29 is 23.8 Å². The second-order valence-electron chi connectivity index (χ2n) is 8.96. The summed E-state index contributed by atoms with van der Waals surface area (Å²) in [6, 6.07) is 19.0. The van der Waals surface area contributed by atoms with Crippen LogP contribution in [0.25, 0.3) is 0 Å². The van der Waals surface area contributed by atoms with Crippen LogP contribution in [0.3, 0.4) is 0 Å². The standard InChI is InChI=1S/C30H34Cl2N2O5/c1-4-5-13-33-30(36)28(15-21-9-7-6-8-10-21)34(19-22-11-12-26(31)27(32)14-22)29(35)20-39-25-17-23(37-2)16-24(18-25)38-3/h6-12,14,16-18,28H,4-5,13,15,19-20H2,1-3H3,(H,33,36)/t28-/m1/s1. The first-order valence-electron chi connectivity index (χ1n) is 12.8. The topological polar surface area (TPSA) is 77.1 Å². The maximum atomic E-state index is 13.7. The third-order valence-electron chi connectivity index (χ3n) is 6.12. The Balaban J connectivity index is 1.92. The number of amides is 2. The van der Waals surface area contributed by atoms with Gasteiger partial charge in [0.05, 0.1) is 24.3 Å². The van der Waals surface area contributed by atoms with E-state index < -0.39 is 6.04 Å². The summed E-state index contributed by atoms with van der Waals surface area (Å²) in [5.74, 6) is 0.864. The molecule has 0 radical (unpaired) electrons. The van der Waals surface area contributed by atoms with Gasteiger partial charge in [-0.1, -0.05) is 72.9 Å². The van der Waals surface area contributed by atoms with Crippen LogP contribution in [0.1, 0.15) is 30.9 Å². The van der Waals surface area contributed by atoms with Crippen LogP contribution in [0.4, 0.5) is 0 Å². The number of hydrogen-bond acceptors (Lipinski definition) is 5. The van der Waals surface area contributed by atoms with Crippen LogP contribution in [-0.2, 0) is 22.6 Å². The number of hydrogen-bond donors (Lipinski definition) is 1. The number of methoxy groups -OCH3 is 2. The van der Waals surface area contributed by atoms with E-state index in [0.29, 0.717) is 40.3 Å². The summed E-state index contributed by atoms with van der Waals surface area (Å²) in [6.45, 7) is 2.42. The molecule has 3 aromatic carbocycles. The van der Waals surface area contributed by atoms with E-state index in [0.717, 1.165) is 24.0 Å². The van der Waals surface area contributed by atoms with E-state index in [1.165, 1.54) is 19.1 Å². The van der Waals surface area contributed by atoms with E-state index in [-0.39, 0.29) is 25.0 Å². The molecule has 1 N–H and O–H groups in total. The number of nitrogens with one attached hydrogen (secondary N) is 1. The van der Waals surface area contributed by atoms with Crippen LogP contribution in [0.15, 0.2) is 66.7 Å². The van der Waals surface area contributed by atoms with Gasteiger partial charge in [-0.3, -0.25) is 9.59 Å². The molecule has 3 aromatic rings. The van der Waals surface area contributed by atoms with Crippen molar-refractivity contribution in [1.29, 1.82) is 0 Å². The Labute approximate surface area is 240 Å². The van der Waals surface area contributed by atoms with Crippen molar-refractivity contribution in [3.8, 4) is 17.2 Å². The molecule has 39 heavy (non-hydrogen) atoms. The molecule has 0 heterocycles. The number of benzene rings is 3. The van der Waals surface area contributed by atoms with Gasteiger partial charge < -0.3 is 24.4 Å². The molecule has 2 amide bonds. The minimum atomic E-state index is -0.783. The molecule has 9 heteroatoms. The van der Waals surface area contributed by atoms with Crippen molar-refractivity contribution >= 4 is 35.0 Å². The molecular weight excluding hydrogens is 539 g/mol. The first kappa shape index (κ1) is 30.1. The highest BCUT2D eigenvalue weighted by Crippen LogP contribution is 2.28. The number of halogens is 2. The van der Waals surface area contributed by atoms with Crippen LogP contribution in [0.2, 0.25) is 10.0 Å². The normalized spacial score (nSPS) is 11.4. The molecule has 0 unspecified atom stereocenters. The lowest BCUT2D eigenvalue weighted by atomic mass is 10.0. The molecular formula is C30H34Cl2N2O5. The monoisotopic (exact) mass is 572 g/mol. The Bertz CT molecular complexity index is 1220. The SMILES string of the molecule is CCCCNC(=O)[C@@H](Cc1ccccc1)N(Cc1ccc(Cl)c(Cl)c1)C(=O)COc1cc(OC)cc(OC)c1. The highest BCUT2D eigenvalue weighted by molar-refractivity contribution is 6.42. The summed E-state index contributed by atoms with van der Waals surface area (Å²) in [7, 11) is 3.07. The van der Waals surface area contributed by atoms with Crippen molar-refractivity contribution in [2.24, 2.45) is 0 Å². The maximum absolute atomic E-state index is 13.7. The molecule has 208 valence electrons. The minimum Gasteiger partial charge on any atom is -0.496 e. The molecule has 0 saturated heterocycles. The van der Waals surface area contributed by atoms with Gasteiger partial charge in [-0.25, -0.2) is 0 Å². The Morgan fingerprint density at radius 2 is 1.54 bits per heavy atom. The molecule has 0 aromatic heterocycles. The molecule has 0 bridgehead atoms. The number of nitrogens with zero attached hydrogens (tertiary/aromatic N) is 1. The van der Waals surface area contributed by atoms with Crippen molar-refractivity contribution in [2.45, 2.75) is 38.8 Å². The van der Waals surface area contributed by atoms with E-state index >= 15 is 0 Å². The Hall–Kier alpha value is -3.42. The molecule has 0 aliphatic heterocycles. The molecule has 0 aliphatic carbocycles. The van der Waals surface area contributed by atoms with Gasteiger partial charge in [-0.2, -0.15) is 0 Å². The minimum absolute atomic E-state index is 0.138. The number of unbranched alkanes of at least 4 members (excludes halogenated alkanes) is 1. The summed E-state index contributed by atoms with van der Waals surface area (Å²) in [6.07, 6.45) is 2.11. The molecule has 0 saturated carbocycles. The number of ether oxygens (including phenoxy) is 3. The van der Waals surface area contributed by atoms with E-state index in [2.05, 4.69) is 12.2 Å². The summed E-state index contributed by atoms with van der Waals surface area (Å²) >= 11 is 12.4. The average Bonchev–Trinajstić information content (AvgIpc) is 2.95. The third kappa shape index (κ3) is 9.08. The largest absolute Gasteiger partial charge is 0.496 e. The van der Waals surface area contributed by atoms with E-state index in [1.54, 1.807) is 36.4 Å². The zero-order valence-corrected chi connectivity index (χ0v) is 23.9. The highest BCUT2D eigenvalue weighted by Gasteiger charge is 2.30. The second kappa shape index (κ2) is 15.2. The van der Waals surface area contributed by atoms with Gasteiger partial charge in [0.2, 0.25) is 5.91 Å². The fraction of sp³-hybridized carbons (Fsp3) is 0.333. The van der Waals surface area contributed by atoms with Gasteiger partial charge in [-0.05, 0) is 29.7 Å². The summed E-state index contributed by atoms with van der Waals surface area (Å²) < 4.78 is 16.5. The van der Waals surface area contributed by atoms with Crippen molar-refractivity contribution in [3.05, 3.63) is 87.9 Å². The summed E-state index contributed by atoms with van der Waals surface area (Å²) in [5.41, 5.74) is 1.67. The van der Waals surface area contributed by atoms with Gasteiger partial charge in [0.15, 0.2) is 6.61 Å². The first-order valence-corrected chi connectivity index (χ1v) is 13.5. The average molecular weight is 574 g/mol. The van der Waals surface area contributed by atoms with E-state index in [9.17, 15) is 9.59 Å². The Morgan fingerprint density at radius 3 is 2.15 bits per heavy atom. The number of carbonyl (C=O) groups excluding carboxylic acids is 2. The summed E-state index contributed by atoms with van der Waals surface area (Å²) in [4.78, 5) is 28.8. The molecule has 0 aliphatic rings. The lowest BCUT2D eigenvalue weighted by Gasteiger charge is -2.31. The smallest absolute Gasteiger partial charge is 0.261 e. The van der Waals surface area contributed by atoms with Gasteiger partial charge in [0.25, 0.3) is 5.91 Å². The van der Waals surface area contributed by atoms with Gasteiger partial charge >= 0.3 is 0 Å². The summed E-state index contributed by atoms with van der Waals surface area (Å²) in [5, 5.41) is 3.77. The van der Waals surface area contributed by atoms with Crippen molar-refractivity contribution in [1.82, 2.24) is 10.2 Å². The van der Waals surface area contributed by atoms with Crippen LogP contribution < -0.4 is 19.5 Å². The third-order valence-corrected chi connectivity index (χ3v) is 6.86. The molecule has 0 spiro atoms. The van der Waals surface area contributed by atoms with E-state index in [4.69, 9.17) is 37.4 Å². The van der Waals surface area contributed by atoms with Crippen LogP contribution in [0.5, 0.6) is 17.2 Å². The molecule has 1 atom stereocenters.